The summed E-state index contributed by atoms with van der Waals surface area (Å²) in [7, 11) is 0. The first-order valence-electron chi connectivity index (χ1n) is 5.80. The summed E-state index contributed by atoms with van der Waals surface area (Å²) in [6, 6.07) is 5.02. The van der Waals surface area contributed by atoms with Gasteiger partial charge < -0.3 is 14.5 Å². The Morgan fingerprint density at radius 1 is 1.50 bits per heavy atom. The number of furan rings is 1. The lowest BCUT2D eigenvalue weighted by Gasteiger charge is -2.09. The van der Waals surface area contributed by atoms with Crippen LogP contribution in [-0.2, 0) is 13.2 Å². The maximum atomic E-state index is 13.1. The Kier molecular flexibility index (Phi) is 4.30. The SMILES string of the molecule is CCNCc1cc(F)cnc1OCc1ccco1. The molecule has 0 bridgehead atoms. The summed E-state index contributed by atoms with van der Waals surface area (Å²) in [6.07, 6.45) is 2.73. The second-order valence-corrected chi connectivity index (χ2v) is 3.77. The van der Waals surface area contributed by atoms with Crippen molar-refractivity contribution in [3.63, 3.8) is 0 Å². The highest BCUT2D eigenvalue weighted by Gasteiger charge is 2.08. The van der Waals surface area contributed by atoms with Crippen molar-refractivity contribution in [2.75, 3.05) is 6.54 Å². The number of hydrogen-bond donors (Lipinski definition) is 1. The van der Waals surface area contributed by atoms with E-state index in [1.807, 2.05) is 13.0 Å². The molecule has 2 aromatic heterocycles. The Morgan fingerprint density at radius 2 is 2.39 bits per heavy atom. The van der Waals surface area contributed by atoms with Crippen LogP contribution >= 0.6 is 0 Å². The second kappa shape index (κ2) is 6.16. The van der Waals surface area contributed by atoms with Gasteiger partial charge in [-0.3, -0.25) is 0 Å². The molecule has 0 fully saturated rings. The minimum atomic E-state index is -0.367. The largest absolute Gasteiger partial charge is 0.469 e. The molecule has 0 aromatic carbocycles. The van der Waals surface area contributed by atoms with Gasteiger partial charge in [0.2, 0.25) is 5.88 Å². The van der Waals surface area contributed by atoms with E-state index in [4.69, 9.17) is 9.15 Å². The van der Waals surface area contributed by atoms with Gasteiger partial charge >= 0.3 is 0 Å². The fourth-order valence-corrected chi connectivity index (χ4v) is 1.52. The third kappa shape index (κ3) is 3.30. The maximum Gasteiger partial charge on any atom is 0.218 e. The lowest BCUT2D eigenvalue weighted by molar-refractivity contribution is 0.256. The zero-order chi connectivity index (χ0) is 12.8. The summed E-state index contributed by atoms with van der Waals surface area (Å²) in [5.41, 5.74) is 0.698. The van der Waals surface area contributed by atoms with Crippen molar-refractivity contribution in [3.05, 3.63) is 47.8 Å². The first kappa shape index (κ1) is 12.6. The Morgan fingerprint density at radius 3 is 3.11 bits per heavy atom. The van der Waals surface area contributed by atoms with Gasteiger partial charge in [0.1, 0.15) is 18.2 Å². The van der Waals surface area contributed by atoms with Gasteiger partial charge in [-0.2, -0.15) is 0 Å². The van der Waals surface area contributed by atoms with E-state index in [2.05, 4.69) is 10.3 Å². The molecule has 0 aliphatic heterocycles. The molecular weight excluding hydrogens is 235 g/mol. The van der Waals surface area contributed by atoms with Crippen LogP contribution in [-0.4, -0.2) is 11.5 Å². The quantitative estimate of drug-likeness (QED) is 0.855. The molecule has 4 nitrogen and oxygen atoms in total. The molecule has 0 saturated heterocycles. The minimum Gasteiger partial charge on any atom is -0.469 e. The van der Waals surface area contributed by atoms with Gasteiger partial charge in [0.25, 0.3) is 0 Å². The molecule has 0 saturated carbocycles. The van der Waals surface area contributed by atoms with Crippen molar-refractivity contribution in [3.8, 4) is 5.88 Å². The normalized spacial score (nSPS) is 10.6. The molecule has 5 heteroatoms. The lowest BCUT2D eigenvalue weighted by atomic mass is 10.2. The van der Waals surface area contributed by atoms with Crippen LogP contribution < -0.4 is 10.1 Å². The van der Waals surface area contributed by atoms with Gasteiger partial charge in [-0.1, -0.05) is 6.92 Å². The molecule has 0 atom stereocenters. The van der Waals surface area contributed by atoms with Crippen LogP contribution in [0.25, 0.3) is 0 Å². The standard InChI is InChI=1S/C13H15FN2O2/c1-2-15-7-10-6-11(14)8-16-13(10)18-9-12-4-3-5-17-12/h3-6,8,15H,2,7,9H2,1H3. The third-order valence-electron chi connectivity index (χ3n) is 2.39. The van der Waals surface area contributed by atoms with Crippen LogP contribution in [0.5, 0.6) is 5.88 Å². The van der Waals surface area contributed by atoms with Gasteiger partial charge in [-0.05, 0) is 24.7 Å². The molecular formula is C13H15FN2O2. The molecule has 0 amide bonds. The highest BCUT2D eigenvalue weighted by Crippen LogP contribution is 2.17. The maximum absolute atomic E-state index is 13.1. The number of hydrogen-bond acceptors (Lipinski definition) is 4. The Balaban J connectivity index is 2.05. The number of nitrogens with one attached hydrogen (secondary N) is 1. The summed E-state index contributed by atoms with van der Waals surface area (Å²) in [6.45, 7) is 3.59. The molecule has 0 spiro atoms. The van der Waals surface area contributed by atoms with Crippen LogP contribution in [0.3, 0.4) is 0 Å². The van der Waals surface area contributed by atoms with Crippen LogP contribution in [0.15, 0.2) is 35.1 Å². The highest BCUT2D eigenvalue weighted by atomic mass is 19.1. The average molecular weight is 250 g/mol. The first-order chi connectivity index (χ1) is 8.79. The number of aromatic nitrogens is 1. The zero-order valence-electron chi connectivity index (χ0n) is 10.1. The Hall–Kier alpha value is -1.88. The molecule has 2 heterocycles. The third-order valence-corrected chi connectivity index (χ3v) is 2.39. The van der Waals surface area contributed by atoms with Gasteiger partial charge in [0.15, 0.2) is 0 Å². The van der Waals surface area contributed by atoms with Crippen LogP contribution in [0, 0.1) is 5.82 Å². The van der Waals surface area contributed by atoms with E-state index >= 15 is 0 Å². The molecule has 0 radical (unpaired) electrons. The van der Waals surface area contributed by atoms with E-state index in [1.165, 1.54) is 6.07 Å². The topological polar surface area (TPSA) is 47.3 Å². The van der Waals surface area contributed by atoms with Gasteiger partial charge in [-0.25, -0.2) is 9.37 Å². The van der Waals surface area contributed by atoms with Crippen molar-refractivity contribution in [1.82, 2.24) is 10.3 Å². The summed E-state index contributed by atoms with van der Waals surface area (Å²) >= 11 is 0. The minimum absolute atomic E-state index is 0.282. The molecule has 96 valence electrons. The van der Waals surface area contributed by atoms with E-state index in [9.17, 15) is 4.39 Å². The number of rotatable bonds is 6. The van der Waals surface area contributed by atoms with Gasteiger partial charge in [-0.15, -0.1) is 0 Å². The van der Waals surface area contributed by atoms with Crippen molar-refractivity contribution >= 4 is 0 Å². The average Bonchev–Trinajstić information content (AvgIpc) is 2.88. The van der Waals surface area contributed by atoms with Crippen LogP contribution in [0.4, 0.5) is 4.39 Å². The van der Waals surface area contributed by atoms with Crippen LogP contribution in [0.1, 0.15) is 18.2 Å². The van der Waals surface area contributed by atoms with E-state index in [0.29, 0.717) is 23.7 Å². The molecule has 2 aromatic rings. The summed E-state index contributed by atoms with van der Waals surface area (Å²) in [5, 5.41) is 3.12. The van der Waals surface area contributed by atoms with Crippen molar-refractivity contribution < 1.29 is 13.5 Å². The molecule has 18 heavy (non-hydrogen) atoms. The van der Waals surface area contributed by atoms with E-state index < -0.39 is 0 Å². The van der Waals surface area contributed by atoms with E-state index in [-0.39, 0.29) is 12.4 Å². The summed E-state index contributed by atoms with van der Waals surface area (Å²) < 4.78 is 23.8. The monoisotopic (exact) mass is 250 g/mol. The fourth-order valence-electron chi connectivity index (χ4n) is 1.52. The molecule has 1 N–H and O–H groups in total. The smallest absolute Gasteiger partial charge is 0.218 e. The highest BCUT2D eigenvalue weighted by molar-refractivity contribution is 5.26. The lowest BCUT2D eigenvalue weighted by Crippen LogP contribution is -2.13. The number of halogens is 1. The predicted octanol–water partition coefficient (Wildman–Crippen LogP) is 2.50. The number of ether oxygens (including phenoxy) is 1. The van der Waals surface area contributed by atoms with E-state index in [0.717, 1.165) is 12.7 Å². The second-order valence-electron chi connectivity index (χ2n) is 3.77. The van der Waals surface area contributed by atoms with E-state index in [1.54, 1.807) is 12.3 Å². The van der Waals surface area contributed by atoms with Crippen LogP contribution in [0.2, 0.25) is 0 Å². The molecule has 0 aliphatic rings. The zero-order valence-corrected chi connectivity index (χ0v) is 10.1. The van der Waals surface area contributed by atoms with Gasteiger partial charge in [0, 0.05) is 12.1 Å². The Bertz CT molecular complexity index is 486. The summed E-state index contributed by atoms with van der Waals surface area (Å²) in [5.74, 6) is 0.762. The van der Waals surface area contributed by atoms with Crippen molar-refractivity contribution in [2.24, 2.45) is 0 Å². The first-order valence-corrected chi connectivity index (χ1v) is 5.80. The number of pyridine rings is 1. The van der Waals surface area contributed by atoms with Gasteiger partial charge in [0.05, 0.1) is 12.5 Å². The summed E-state index contributed by atoms with van der Waals surface area (Å²) in [4.78, 5) is 3.95. The number of nitrogens with zero attached hydrogens (tertiary/aromatic N) is 1. The molecule has 0 aliphatic carbocycles. The van der Waals surface area contributed by atoms with Crippen molar-refractivity contribution in [2.45, 2.75) is 20.1 Å². The molecule has 0 unspecified atom stereocenters. The Labute approximate surface area is 105 Å². The van der Waals surface area contributed by atoms with Crippen molar-refractivity contribution in [1.29, 1.82) is 0 Å². The molecule has 2 rings (SSSR count). The predicted molar refractivity (Wildman–Crippen MR) is 64.6 cm³/mol. The fraction of sp³-hybridized carbons (Fsp3) is 0.308.